The summed E-state index contributed by atoms with van der Waals surface area (Å²) in [6, 6.07) is 8.05. The Morgan fingerprint density at radius 1 is 1.33 bits per heavy atom. The lowest BCUT2D eigenvalue weighted by Gasteiger charge is -2.23. The number of unbranched alkanes of at least 4 members (excludes halogenated alkanes) is 1. The second kappa shape index (κ2) is 8.39. The van der Waals surface area contributed by atoms with Gasteiger partial charge in [0.15, 0.2) is 0 Å². The number of likely N-dealkylation sites (tertiary alicyclic amines) is 1. The fourth-order valence-electron chi connectivity index (χ4n) is 2.65. The summed E-state index contributed by atoms with van der Waals surface area (Å²) >= 11 is 3.39. The van der Waals surface area contributed by atoms with Crippen LogP contribution in [0, 0.1) is 0 Å². The number of benzene rings is 1. The Morgan fingerprint density at radius 3 is 2.81 bits per heavy atom. The number of hydrogen-bond acceptors (Lipinski definition) is 3. The summed E-state index contributed by atoms with van der Waals surface area (Å²) in [6.45, 7) is 2.10. The smallest absolute Gasteiger partial charge is 0.222 e. The zero-order valence-corrected chi connectivity index (χ0v) is 13.8. The lowest BCUT2D eigenvalue weighted by Crippen LogP contribution is -2.39. The largest absolute Gasteiger partial charge is 0.494 e. The zero-order chi connectivity index (χ0) is 15.1. The first kappa shape index (κ1) is 16.3. The Morgan fingerprint density at radius 2 is 2.10 bits per heavy atom. The van der Waals surface area contributed by atoms with Crippen LogP contribution in [0.15, 0.2) is 28.7 Å². The number of nitrogens with zero attached hydrogens (tertiary/aromatic N) is 1. The summed E-state index contributed by atoms with van der Waals surface area (Å²) in [5.74, 6) is 1.11. The van der Waals surface area contributed by atoms with Crippen molar-refractivity contribution < 1.29 is 9.53 Å². The van der Waals surface area contributed by atoms with Gasteiger partial charge in [0.1, 0.15) is 5.75 Å². The fraction of sp³-hybridized carbons (Fsp3) is 0.562. The van der Waals surface area contributed by atoms with Gasteiger partial charge in [-0.3, -0.25) is 4.79 Å². The molecule has 0 saturated carbocycles. The number of carbonyl (C=O) groups excluding carboxylic acids is 1. The lowest BCUT2D eigenvalue weighted by molar-refractivity contribution is -0.132. The van der Waals surface area contributed by atoms with Gasteiger partial charge in [0, 0.05) is 30.0 Å². The number of rotatable bonds is 7. The SMILES string of the molecule is NCC1CCCN1C(=O)CCCCOc1ccc(Br)cc1. The Labute approximate surface area is 134 Å². The van der Waals surface area contributed by atoms with Crippen LogP contribution in [0.4, 0.5) is 0 Å². The van der Waals surface area contributed by atoms with Crippen LogP contribution in [0.2, 0.25) is 0 Å². The lowest BCUT2D eigenvalue weighted by atomic mass is 10.2. The standard InChI is InChI=1S/C16H23BrN2O2/c17-13-6-8-15(9-7-13)21-11-2-1-5-16(20)19-10-3-4-14(19)12-18/h6-9,14H,1-5,10-12,18H2. The Balaban J connectivity index is 1.61. The van der Waals surface area contributed by atoms with Gasteiger partial charge in [-0.15, -0.1) is 0 Å². The van der Waals surface area contributed by atoms with E-state index in [2.05, 4.69) is 15.9 Å². The molecule has 0 aromatic heterocycles. The molecule has 1 heterocycles. The number of ether oxygens (including phenoxy) is 1. The van der Waals surface area contributed by atoms with Crippen molar-refractivity contribution in [2.45, 2.75) is 38.1 Å². The molecule has 1 unspecified atom stereocenters. The molecule has 2 rings (SSSR count). The highest BCUT2D eigenvalue weighted by atomic mass is 79.9. The topological polar surface area (TPSA) is 55.6 Å². The third-order valence-electron chi connectivity index (χ3n) is 3.84. The first-order valence-corrected chi connectivity index (χ1v) is 8.38. The minimum Gasteiger partial charge on any atom is -0.494 e. The summed E-state index contributed by atoms with van der Waals surface area (Å²) in [5.41, 5.74) is 5.70. The van der Waals surface area contributed by atoms with Crippen LogP contribution in [0.25, 0.3) is 0 Å². The van der Waals surface area contributed by atoms with Crippen molar-refractivity contribution in [3.05, 3.63) is 28.7 Å². The van der Waals surface area contributed by atoms with E-state index >= 15 is 0 Å². The van der Waals surface area contributed by atoms with Gasteiger partial charge in [0.2, 0.25) is 5.91 Å². The Kier molecular flexibility index (Phi) is 6.51. The number of amides is 1. The molecule has 1 aromatic rings. The number of halogens is 1. The van der Waals surface area contributed by atoms with Crippen LogP contribution in [0.3, 0.4) is 0 Å². The molecule has 1 aliphatic rings. The molecule has 2 N–H and O–H groups in total. The van der Waals surface area contributed by atoms with Gasteiger partial charge in [-0.25, -0.2) is 0 Å². The highest BCUT2D eigenvalue weighted by Crippen LogP contribution is 2.19. The quantitative estimate of drug-likeness (QED) is 0.765. The van der Waals surface area contributed by atoms with E-state index < -0.39 is 0 Å². The van der Waals surface area contributed by atoms with Crippen LogP contribution in [-0.4, -0.2) is 36.5 Å². The van der Waals surface area contributed by atoms with Gasteiger partial charge < -0.3 is 15.4 Å². The predicted octanol–water partition coefficient (Wildman–Crippen LogP) is 2.95. The van der Waals surface area contributed by atoms with Crippen molar-refractivity contribution in [1.29, 1.82) is 0 Å². The van der Waals surface area contributed by atoms with Crippen molar-refractivity contribution in [1.82, 2.24) is 4.90 Å². The van der Waals surface area contributed by atoms with E-state index in [1.807, 2.05) is 29.2 Å². The maximum absolute atomic E-state index is 12.1. The van der Waals surface area contributed by atoms with Gasteiger partial charge in [0.25, 0.3) is 0 Å². The maximum Gasteiger partial charge on any atom is 0.222 e. The number of nitrogens with two attached hydrogens (primary N) is 1. The molecular formula is C16H23BrN2O2. The molecule has 0 spiro atoms. The van der Waals surface area contributed by atoms with Gasteiger partial charge in [-0.1, -0.05) is 15.9 Å². The van der Waals surface area contributed by atoms with Crippen LogP contribution >= 0.6 is 15.9 Å². The molecule has 1 saturated heterocycles. The van der Waals surface area contributed by atoms with E-state index in [1.54, 1.807) is 0 Å². The molecule has 0 bridgehead atoms. The molecule has 1 aliphatic heterocycles. The zero-order valence-electron chi connectivity index (χ0n) is 12.3. The third kappa shape index (κ3) is 5.00. The Bertz CT molecular complexity index is 450. The minimum atomic E-state index is 0.242. The summed E-state index contributed by atoms with van der Waals surface area (Å²) in [6.07, 6.45) is 4.49. The van der Waals surface area contributed by atoms with Crippen molar-refractivity contribution in [2.75, 3.05) is 19.7 Å². The molecule has 1 amide bonds. The van der Waals surface area contributed by atoms with Crippen LogP contribution < -0.4 is 10.5 Å². The summed E-state index contributed by atoms with van der Waals surface area (Å²) in [7, 11) is 0. The molecule has 1 atom stereocenters. The summed E-state index contributed by atoms with van der Waals surface area (Å²) in [5, 5.41) is 0. The van der Waals surface area contributed by atoms with E-state index in [4.69, 9.17) is 10.5 Å². The molecule has 0 aliphatic carbocycles. The average molecular weight is 355 g/mol. The molecule has 21 heavy (non-hydrogen) atoms. The van der Waals surface area contributed by atoms with Gasteiger partial charge >= 0.3 is 0 Å². The van der Waals surface area contributed by atoms with E-state index in [0.717, 1.165) is 42.5 Å². The normalized spacial score (nSPS) is 18.0. The second-order valence-corrected chi connectivity index (χ2v) is 6.29. The van der Waals surface area contributed by atoms with E-state index in [9.17, 15) is 4.79 Å². The van der Waals surface area contributed by atoms with Crippen molar-refractivity contribution >= 4 is 21.8 Å². The van der Waals surface area contributed by atoms with E-state index in [1.165, 1.54) is 0 Å². The summed E-state index contributed by atoms with van der Waals surface area (Å²) in [4.78, 5) is 14.1. The number of carbonyl (C=O) groups is 1. The Hall–Kier alpha value is -1.07. The van der Waals surface area contributed by atoms with Gasteiger partial charge in [0.05, 0.1) is 6.61 Å². The molecule has 0 radical (unpaired) electrons. The van der Waals surface area contributed by atoms with Crippen LogP contribution in [-0.2, 0) is 4.79 Å². The van der Waals surface area contributed by atoms with Gasteiger partial charge in [-0.2, -0.15) is 0 Å². The molecule has 116 valence electrons. The fourth-order valence-corrected chi connectivity index (χ4v) is 2.92. The molecule has 1 aromatic carbocycles. The maximum atomic E-state index is 12.1. The van der Waals surface area contributed by atoms with Crippen molar-refractivity contribution in [2.24, 2.45) is 5.73 Å². The van der Waals surface area contributed by atoms with Crippen molar-refractivity contribution in [3.8, 4) is 5.75 Å². The highest BCUT2D eigenvalue weighted by molar-refractivity contribution is 9.10. The number of hydrogen-bond donors (Lipinski definition) is 1. The second-order valence-electron chi connectivity index (χ2n) is 5.38. The highest BCUT2D eigenvalue weighted by Gasteiger charge is 2.26. The van der Waals surface area contributed by atoms with Crippen LogP contribution in [0.5, 0.6) is 5.75 Å². The third-order valence-corrected chi connectivity index (χ3v) is 4.37. The molecule has 4 nitrogen and oxygen atoms in total. The predicted molar refractivity (Wildman–Crippen MR) is 87.3 cm³/mol. The first-order chi connectivity index (χ1) is 10.2. The molecule has 5 heteroatoms. The first-order valence-electron chi connectivity index (χ1n) is 7.58. The minimum absolute atomic E-state index is 0.242. The van der Waals surface area contributed by atoms with Crippen LogP contribution in [0.1, 0.15) is 32.1 Å². The molecule has 1 fully saturated rings. The average Bonchev–Trinajstić information content (AvgIpc) is 2.97. The van der Waals surface area contributed by atoms with Gasteiger partial charge in [-0.05, 0) is 49.9 Å². The van der Waals surface area contributed by atoms with E-state index in [-0.39, 0.29) is 11.9 Å². The van der Waals surface area contributed by atoms with Crippen molar-refractivity contribution in [3.63, 3.8) is 0 Å². The summed E-state index contributed by atoms with van der Waals surface area (Å²) < 4.78 is 6.69. The monoisotopic (exact) mass is 354 g/mol. The molecular weight excluding hydrogens is 332 g/mol. The van der Waals surface area contributed by atoms with E-state index in [0.29, 0.717) is 19.6 Å².